The monoisotopic (exact) mass is 609 g/mol. The van der Waals surface area contributed by atoms with Crippen molar-refractivity contribution in [1.29, 1.82) is 0 Å². The number of hydrogen-bond acceptors (Lipinski definition) is 4. The van der Waals surface area contributed by atoms with Crippen molar-refractivity contribution in [3.63, 3.8) is 0 Å². The third-order valence-corrected chi connectivity index (χ3v) is 9.22. The predicted octanol–water partition coefficient (Wildman–Crippen LogP) is 11.6. The summed E-state index contributed by atoms with van der Waals surface area (Å²) in [5.41, 5.74) is 0. The van der Waals surface area contributed by atoms with Gasteiger partial charge in [-0.15, -0.1) is 0 Å². The Morgan fingerprint density at radius 3 is 1.47 bits per heavy atom. The van der Waals surface area contributed by atoms with Gasteiger partial charge >= 0.3 is 5.97 Å². The van der Waals surface area contributed by atoms with Gasteiger partial charge in [-0.05, 0) is 71.6 Å². The largest absolute Gasteiger partial charge is 0.465 e. The molecule has 0 aliphatic rings. The molecule has 2 atom stereocenters. The maximum absolute atomic E-state index is 12.5. The molecule has 0 saturated carbocycles. The molecule has 1 N–H and O–H groups in total. The van der Waals surface area contributed by atoms with Crippen molar-refractivity contribution in [1.82, 2.24) is 10.2 Å². The Balaban J connectivity index is 4.18. The van der Waals surface area contributed by atoms with Crippen LogP contribution in [0.25, 0.3) is 0 Å². The summed E-state index contributed by atoms with van der Waals surface area (Å²) in [4.78, 5) is 14.8. The summed E-state index contributed by atoms with van der Waals surface area (Å²) in [6, 6.07) is 0.660. The highest BCUT2D eigenvalue weighted by Gasteiger charge is 2.13. The van der Waals surface area contributed by atoms with Gasteiger partial charge in [0, 0.05) is 12.5 Å². The Bertz CT molecular complexity index is 553. The van der Waals surface area contributed by atoms with Gasteiger partial charge in [-0.2, -0.15) is 0 Å². The van der Waals surface area contributed by atoms with Gasteiger partial charge in [-0.1, -0.05) is 156 Å². The minimum absolute atomic E-state index is 0.0385. The van der Waals surface area contributed by atoms with Crippen LogP contribution in [0.15, 0.2) is 0 Å². The van der Waals surface area contributed by atoms with Crippen molar-refractivity contribution in [3.05, 3.63) is 0 Å². The Morgan fingerprint density at radius 1 is 0.558 bits per heavy atom. The number of rotatable bonds is 35. The maximum Gasteiger partial charge on any atom is 0.305 e. The number of ether oxygens (including phenoxy) is 1. The second kappa shape index (κ2) is 34.3. The first kappa shape index (κ1) is 42.4. The normalized spacial score (nSPS) is 13.1. The fourth-order valence-electron chi connectivity index (χ4n) is 6.26. The van der Waals surface area contributed by atoms with E-state index in [1.807, 2.05) is 0 Å². The van der Waals surface area contributed by atoms with Crippen molar-refractivity contribution >= 4 is 5.97 Å². The first-order valence-electron chi connectivity index (χ1n) is 19.6. The molecule has 0 amide bonds. The van der Waals surface area contributed by atoms with Crippen molar-refractivity contribution in [2.75, 3.05) is 33.8 Å². The van der Waals surface area contributed by atoms with Gasteiger partial charge in [0.2, 0.25) is 0 Å². The van der Waals surface area contributed by atoms with Crippen molar-refractivity contribution in [2.45, 2.75) is 207 Å². The lowest BCUT2D eigenvalue weighted by molar-refractivity contribution is -0.145. The fourth-order valence-corrected chi connectivity index (χ4v) is 6.26. The molecule has 0 saturated heterocycles. The highest BCUT2D eigenvalue weighted by Crippen LogP contribution is 2.20. The molecule has 0 aromatic carbocycles. The Morgan fingerprint density at radius 2 is 0.977 bits per heavy atom. The number of esters is 1. The van der Waals surface area contributed by atoms with E-state index in [0.29, 0.717) is 25.0 Å². The van der Waals surface area contributed by atoms with E-state index in [1.165, 1.54) is 161 Å². The molecule has 0 aromatic rings. The van der Waals surface area contributed by atoms with Crippen LogP contribution in [-0.2, 0) is 9.53 Å². The fraction of sp³-hybridized carbons (Fsp3) is 0.974. The Labute approximate surface area is 271 Å². The van der Waals surface area contributed by atoms with E-state index in [4.69, 9.17) is 4.74 Å². The van der Waals surface area contributed by atoms with Crippen LogP contribution in [0.1, 0.15) is 201 Å². The Hall–Kier alpha value is -0.610. The molecule has 0 fully saturated rings. The lowest BCUT2D eigenvalue weighted by Gasteiger charge is -2.20. The summed E-state index contributed by atoms with van der Waals surface area (Å²) in [7, 11) is 4.33. The quantitative estimate of drug-likeness (QED) is 0.0574. The molecule has 4 heteroatoms. The molecule has 0 radical (unpaired) electrons. The van der Waals surface area contributed by atoms with Crippen LogP contribution in [0.3, 0.4) is 0 Å². The van der Waals surface area contributed by atoms with E-state index in [1.54, 1.807) is 0 Å². The van der Waals surface area contributed by atoms with Gasteiger partial charge in [0.25, 0.3) is 0 Å². The van der Waals surface area contributed by atoms with Crippen molar-refractivity contribution in [3.8, 4) is 0 Å². The molecule has 258 valence electrons. The van der Waals surface area contributed by atoms with Gasteiger partial charge in [0.1, 0.15) is 0 Å². The number of unbranched alkanes of at least 4 members (excludes halogenated alkanes) is 18. The number of carbonyl (C=O) groups is 1. The van der Waals surface area contributed by atoms with E-state index in [0.717, 1.165) is 25.9 Å². The molecule has 0 aliphatic carbocycles. The zero-order valence-corrected chi connectivity index (χ0v) is 30.3. The van der Waals surface area contributed by atoms with Crippen LogP contribution in [0.2, 0.25) is 0 Å². The van der Waals surface area contributed by atoms with E-state index in [2.05, 4.69) is 45.1 Å². The maximum atomic E-state index is 12.5. The highest BCUT2D eigenvalue weighted by molar-refractivity contribution is 5.69. The summed E-state index contributed by atoms with van der Waals surface area (Å²) >= 11 is 0. The number of hydrogen-bond donors (Lipinski definition) is 1. The number of nitrogens with zero attached hydrogens (tertiary/aromatic N) is 1. The van der Waals surface area contributed by atoms with Gasteiger partial charge in [0.05, 0.1) is 6.61 Å². The van der Waals surface area contributed by atoms with Crippen LogP contribution in [0, 0.1) is 5.92 Å². The van der Waals surface area contributed by atoms with E-state index < -0.39 is 0 Å². The first-order chi connectivity index (χ1) is 21.0. The topological polar surface area (TPSA) is 41.6 Å². The second-order valence-electron chi connectivity index (χ2n) is 14.0. The molecule has 4 nitrogen and oxygen atoms in total. The lowest BCUT2D eigenvalue weighted by atomic mass is 9.95. The average molecular weight is 609 g/mol. The summed E-state index contributed by atoms with van der Waals surface area (Å²) in [5.74, 6) is 0.604. The molecule has 0 rings (SSSR count). The van der Waals surface area contributed by atoms with Crippen LogP contribution in [-0.4, -0.2) is 50.7 Å². The highest BCUT2D eigenvalue weighted by atomic mass is 16.5. The summed E-state index contributed by atoms with van der Waals surface area (Å²) in [5, 5.41) is 3.88. The zero-order valence-electron chi connectivity index (χ0n) is 30.3. The summed E-state index contributed by atoms with van der Waals surface area (Å²) < 4.78 is 5.81. The van der Waals surface area contributed by atoms with Gasteiger partial charge < -0.3 is 15.0 Å². The van der Waals surface area contributed by atoms with E-state index >= 15 is 0 Å². The van der Waals surface area contributed by atoms with Gasteiger partial charge in [-0.3, -0.25) is 4.79 Å². The first-order valence-corrected chi connectivity index (χ1v) is 19.6. The van der Waals surface area contributed by atoms with E-state index in [-0.39, 0.29) is 5.97 Å². The van der Waals surface area contributed by atoms with Crippen LogP contribution >= 0.6 is 0 Å². The summed E-state index contributed by atoms with van der Waals surface area (Å²) in [6.07, 6.45) is 36.0. The molecule has 0 bridgehead atoms. The SMILES string of the molecule is CCCCCCCCCCC(CCCCCCC(=O)OCC(CCCCCC)CCCCCCCC)NCCCN(C)C. The van der Waals surface area contributed by atoms with E-state index in [9.17, 15) is 4.79 Å². The van der Waals surface area contributed by atoms with Gasteiger partial charge in [0.15, 0.2) is 0 Å². The minimum Gasteiger partial charge on any atom is -0.465 e. The third-order valence-electron chi connectivity index (χ3n) is 9.22. The molecule has 0 heterocycles. The lowest BCUT2D eigenvalue weighted by Crippen LogP contribution is -2.31. The van der Waals surface area contributed by atoms with Crippen LogP contribution in [0.5, 0.6) is 0 Å². The van der Waals surface area contributed by atoms with Gasteiger partial charge in [-0.25, -0.2) is 0 Å². The number of nitrogens with one attached hydrogen (secondary N) is 1. The minimum atomic E-state index is 0.0385. The Kier molecular flexibility index (Phi) is 33.8. The smallest absolute Gasteiger partial charge is 0.305 e. The summed E-state index contributed by atoms with van der Waals surface area (Å²) in [6.45, 7) is 9.79. The molecule has 2 unspecified atom stereocenters. The third kappa shape index (κ3) is 32.6. The molecule has 0 spiro atoms. The molecule has 0 aromatic heterocycles. The molecular formula is C39H80N2O2. The van der Waals surface area contributed by atoms with Crippen LogP contribution in [0.4, 0.5) is 0 Å². The number of carbonyl (C=O) groups excluding carboxylic acids is 1. The molecule has 0 aliphatic heterocycles. The van der Waals surface area contributed by atoms with Crippen molar-refractivity contribution in [2.24, 2.45) is 5.92 Å². The zero-order chi connectivity index (χ0) is 31.6. The standard InChI is InChI=1S/C39H80N2O2/c1-6-9-12-15-17-18-20-25-31-38(40-34-28-35-41(4)5)32-26-21-22-27-33-39(42)43-36-37(29-23-14-11-8-3)30-24-19-16-13-10-7-2/h37-38,40H,6-36H2,1-5H3. The predicted molar refractivity (Wildman–Crippen MR) is 191 cm³/mol. The average Bonchev–Trinajstić information content (AvgIpc) is 2.99. The molecule has 43 heavy (non-hydrogen) atoms. The van der Waals surface area contributed by atoms with Crippen molar-refractivity contribution < 1.29 is 9.53 Å². The van der Waals surface area contributed by atoms with Crippen LogP contribution < -0.4 is 5.32 Å². The molecular weight excluding hydrogens is 528 g/mol. The second-order valence-corrected chi connectivity index (χ2v) is 14.0.